The van der Waals surface area contributed by atoms with Crippen molar-refractivity contribution >= 4 is 23.2 Å². The number of nitrogens with one attached hydrogen (secondary N) is 2. The number of nitrogens with zero attached hydrogens (tertiary/aromatic N) is 4. The van der Waals surface area contributed by atoms with Crippen LogP contribution in [0.2, 0.25) is 0 Å². The Morgan fingerprint density at radius 1 is 1.43 bits per heavy atom. The van der Waals surface area contributed by atoms with Crippen LogP contribution in [0.15, 0.2) is 18.6 Å². The van der Waals surface area contributed by atoms with Gasteiger partial charge in [-0.3, -0.25) is 4.79 Å². The summed E-state index contributed by atoms with van der Waals surface area (Å²) in [4.78, 5) is 23.1. The van der Waals surface area contributed by atoms with Gasteiger partial charge >= 0.3 is 0 Å². The maximum Gasteiger partial charge on any atom is 0.224 e. The van der Waals surface area contributed by atoms with Crippen molar-refractivity contribution < 1.29 is 4.79 Å². The standard InChI is InChI=1S/C14H20N6O/c1-15-11-9-20-7-5-17-12(20)13(18-11)19-6-3-4-10(8-19)14(21)16-2/h5,7,9-10,15H,3-4,6,8H2,1-2H3,(H,16,21). The van der Waals surface area contributed by atoms with Crippen LogP contribution >= 0.6 is 0 Å². The van der Waals surface area contributed by atoms with E-state index in [4.69, 9.17) is 0 Å². The minimum atomic E-state index is 0.0128. The first-order chi connectivity index (χ1) is 10.2. The van der Waals surface area contributed by atoms with Gasteiger partial charge in [-0.15, -0.1) is 0 Å². The maximum atomic E-state index is 11.9. The highest BCUT2D eigenvalue weighted by molar-refractivity contribution is 5.79. The minimum absolute atomic E-state index is 0.0128. The van der Waals surface area contributed by atoms with E-state index in [9.17, 15) is 4.79 Å². The number of piperidine rings is 1. The van der Waals surface area contributed by atoms with Crippen LogP contribution < -0.4 is 15.5 Å². The Bertz CT molecular complexity index is 652. The summed E-state index contributed by atoms with van der Waals surface area (Å²) in [7, 11) is 3.53. The molecule has 0 aromatic carbocycles. The maximum absolute atomic E-state index is 11.9. The molecule has 7 heteroatoms. The summed E-state index contributed by atoms with van der Waals surface area (Å²) in [6.45, 7) is 1.58. The zero-order valence-corrected chi connectivity index (χ0v) is 12.3. The average Bonchev–Trinajstić information content (AvgIpc) is 3.01. The first-order valence-corrected chi connectivity index (χ1v) is 7.21. The molecule has 0 aliphatic carbocycles. The molecule has 2 aromatic rings. The van der Waals surface area contributed by atoms with Crippen molar-refractivity contribution in [1.82, 2.24) is 19.7 Å². The van der Waals surface area contributed by atoms with Crippen molar-refractivity contribution in [3.63, 3.8) is 0 Å². The molecule has 0 spiro atoms. The third kappa shape index (κ3) is 2.51. The summed E-state index contributed by atoms with van der Waals surface area (Å²) in [6, 6.07) is 0. The predicted octanol–water partition coefficient (Wildman–Crippen LogP) is 0.733. The molecule has 112 valence electrons. The summed E-state index contributed by atoms with van der Waals surface area (Å²) >= 11 is 0. The number of carbonyl (C=O) groups excluding carboxylic acids is 1. The van der Waals surface area contributed by atoms with Crippen molar-refractivity contribution in [2.75, 3.05) is 37.4 Å². The number of rotatable bonds is 3. The number of imidazole rings is 1. The van der Waals surface area contributed by atoms with Gasteiger partial charge in [0.15, 0.2) is 11.5 Å². The Kier molecular flexibility index (Phi) is 3.64. The molecule has 21 heavy (non-hydrogen) atoms. The van der Waals surface area contributed by atoms with Crippen LogP contribution in [-0.2, 0) is 4.79 Å². The lowest BCUT2D eigenvalue weighted by Gasteiger charge is -2.32. The van der Waals surface area contributed by atoms with Crippen LogP contribution in [0.3, 0.4) is 0 Å². The number of amides is 1. The first kappa shape index (κ1) is 13.7. The van der Waals surface area contributed by atoms with E-state index in [2.05, 4.69) is 25.5 Å². The highest BCUT2D eigenvalue weighted by Crippen LogP contribution is 2.26. The minimum Gasteiger partial charge on any atom is -0.372 e. The molecular formula is C14H20N6O. The van der Waals surface area contributed by atoms with E-state index < -0.39 is 0 Å². The molecule has 1 fully saturated rings. The molecule has 0 bridgehead atoms. The lowest BCUT2D eigenvalue weighted by atomic mass is 9.97. The number of hydrogen-bond acceptors (Lipinski definition) is 5. The summed E-state index contributed by atoms with van der Waals surface area (Å²) < 4.78 is 1.96. The molecule has 0 radical (unpaired) electrons. The number of anilines is 2. The number of aromatic nitrogens is 3. The van der Waals surface area contributed by atoms with Gasteiger partial charge in [-0.25, -0.2) is 9.97 Å². The number of carbonyl (C=O) groups is 1. The third-order valence-electron chi connectivity index (χ3n) is 3.95. The van der Waals surface area contributed by atoms with E-state index in [1.165, 1.54) is 0 Å². The Labute approximate surface area is 123 Å². The van der Waals surface area contributed by atoms with E-state index >= 15 is 0 Å². The molecule has 2 N–H and O–H groups in total. The molecule has 1 aliphatic heterocycles. The van der Waals surface area contributed by atoms with Crippen LogP contribution in [0, 0.1) is 5.92 Å². The molecule has 3 heterocycles. The normalized spacial score (nSPS) is 18.8. The second-order valence-electron chi connectivity index (χ2n) is 5.26. The fourth-order valence-corrected chi connectivity index (χ4v) is 2.84. The van der Waals surface area contributed by atoms with E-state index in [1.807, 2.05) is 23.8 Å². The van der Waals surface area contributed by atoms with Crippen molar-refractivity contribution in [3.8, 4) is 0 Å². The molecule has 0 saturated carbocycles. The molecule has 3 rings (SSSR count). The van der Waals surface area contributed by atoms with E-state index in [0.717, 1.165) is 36.7 Å². The van der Waals surface area contributed by atoms with Gasteiger partial charge in [-0.05, 0) is 12.8 Å². The molecule has 1 aliphatic rings. The van der Waals surface area contributed by atoms with Gasteiger partial charge in [0.05, 0.1) is 12.1 Å². The van der Waals surface area contributed by atoms with Crippen molar-refractivity contribution in [3.05, 3.63) is 18.6 Å². The van der Waals surface area contributed by atoms with Gasteiger partial charge in [0.1, 0.15) is 5.82 Å². The average molecular weight is 288 g/mol. The largest absolute Gasteiger partial charge is 0.372 e. The van der Waals surface area contributed by atoms with Crippen molar-refractivity contribution in [2.24, 2.45) is 5.92 Å². The quantitative estimate of drug-likeness (QED) is 0.871. The SMILES string of the molecule is CNC(=O)C1CCCN(c2nc(NC)cn3ccnc23)C1. The molecule has 1 saturated heterocycles. The highest BCUT2D eigenvalue weighted by atomic mass is 16.1. The van der Waals surface area contributed by atoms with Gasteiger partial charge in [-0.1, -0.05) is 0 Å². The van der Waals surface area contributed by atoms with Crippen molar-refractivity contribution in [1.29, 1.82) is 0 Å². The Morgan fingerprint density at radius 3 is 3.05 bits per heavy atom. The first-order valence-electron chi connectivity index (χ1n) is 7.21. The third-order valence-corrected chi connectivity index (χ3v) is 3.95. The Hall–Kier alpha value is -2.31. The number of fused-ring (bicyclic) bond motifs is 1. The fourth-order valence-electron chi connectivity index (χ4n) is 2.84. The lowest BCUT2D eigenvalue weighted by Crippen LogP contribution is -2.42. The Morgan fingerprint density at radius 2 is 2.29 bits per heavy atom. The highest BCUT2D eigenvalue weighted by Gasteiger charge is 2.27. The molecule has 2 aromatic heterocycles. The summed E-state index contributed by atoms with van der Waals surface area (Å²) in [5.41, 5.74) is 0.826. The number of hydrogen-bond donors (Lipinski definition) is 2. The smallest absolute Gasteiger partial charge is 0.224 e. The zero-order chi connectivity index (χ0) is 14.8. The Balaban J connectivity index is 1.95. The summed E-state index contributed by atoms with van der Waals surface area (Å²) in [6.07, 6.45) is 7.48. The topological polar surface area (TPSA) is 74.6 Å². The van der Waals surface area contributed by atoms with Crippen LogP contribution in [0.25, 0.3) is 5.65 Å². The molecule has 1 atom stereocenters. The second kappa shape index (κ2) is 5.59. The molecule has 7 nitrogen and oxygen atoms in total. The van der Waals surface area contributed by atoms with Gasteiger partial charge < -0.3 is 19.9 Å². The zero-order valence-electron chi connectivity index (χ0n) is 12.3. The van der Waals surface area contributed by atoms with Crippen LogP contribution in [0.4, 0.5) is 11.6 Å². The van der Waals surface area contributed by atoms with E-state index in [0.29, 0.717) is 6.54 Å². The van der Waals surface area contributed by atoms with Crippen LogP contribution in [0.5, 0.6) is 0 Å². The molecular weight excluding hydrogens is 268 g/mol. The predicted molar refractivity (Wildman–Crippen MR) is 81.5 cm³/mol. The molecule has 1 amide bonds. The van der Waals surface area contributed by atoms with Crippen molar-refractivity contribution in [2.45, 2.75) is 12.8 Å². The van der Waals surface area contributed by atoms with Crippen LogP contribution in [-0.4, -0.2) is 47.5 Å². The monoisotopic (exact) mass is 288 g/mol. The fraction of sp³-hybridized carbons (Fsp3) is 0.500. The summed E-state index contributed by atoms with van der Waals surface area (Å²) in [5, 5.41) is 5.81. The van der Waals surface area contributed by atoms with Gasteiger partial charge in [0.25, 0.3) is 0 Å². The second-order valence-corrected chi connectivity index (χ2v) is 5.26. The van der Waals surface area contributed by atoms with Crippen LogP contribution in [0.1, 0.15) is 12.8 Å². The molecule has 1 unspecified atom stereocenters. The lowest BCUT2D eigenvalue weighted by molar-refractivity contribution is -0.124. The van der Waals surface area contributed by atoms with Gasteiger partial charge in [0.2, 0.25) is 5.91 Å². The van der Waals surface area contributed by atoms with E-state index in [-0.39, 0.29) is 11.8 Å². The van der Waals surface area contributed by atoms with Gasteiger partial charge in [-0.2, -0.15) is 0 Å². The summed E-state index contributed by atoms with van der Waals surface area (Å²) in [5.74, 6) is 1.74. The van der Waals surface area contributed by atoms with Gasteiger partial charge in [0, 0.05) is 39.6 Å². The van der Waals surface area contributed by atoms with E-state index in [1.54, 1.807) is 13.2 Å².